The molecule has 1 N–H and O–H groups in total. The number of aryl methyl sites for hydroxylation is 1. The van der Waals surface area contributed by atoms with Crippen molar-refractivity contribution >= 4 is 11.6 Å². The molecule has 0 saturated carbocycles. The van der Waals surface area contributed by atoms with Gasteiger partial charge in [-0.15, -0.1) is 0 Å². The van der Waals surface area contributed by atoms with E-state index in [0.29, 0.717) is 5.56 Å². The van der Waals surface area contributed by atoms with E-state index in [9.17, 15) is 4.79 Å². The molecule has 0 bridgehead atoms. The van der Waals surface area contributed by atoms with Gasteiger partial charge >= 0.3 is 0 Å². The monoisotopic (exact) mass is 418 g/mol. The van der Waals surface area contributed by atoms with Gasteiger partial charge in [-0.05, 0) is 60.5 Å². The van der Waals surface area contributed by atoms with Crippen molar-refractivity contribution in [1.29, 1.82) is 0 Å². The summed E-state index contributed by atoms with van der Waals surface area (Å²) in [4.78, 5) is 21.2. The average molecular weight is 419 g/mol. The van der Waals surface area contributed by atoms with Crippen LogP contribution in [0.25, 0.3) is 39.3 Å². The molecule has 5 rings (SSSR count). The highest BCUT2D eigenvalue weighted by molar-refractivity contribution is 5.95. The molecule has 32 heavy (non-hydrogen) atoms. The summed E-state index contributed by atoms with van der Waals surface area (Å²) < 4.78 is 2.07. The van der Waals surface area contributed by atoms with Crippen molar-refractivity contribution in [3.8, 4) is 33.6 Å². The van der Waals surface area contributed by atoms with Crippen LogP contribution in [0.2, 0.25) is 0 Å². The second kappa shape index (κ2) is 8.12. The van der Waals surface area contributed by atoms with Crippen LogP contribution in [0, 0.1) is 6.92 Å². The van der Waals surface area contributed by atoms with Crippen molar-refractivity contribution in [2.75, 3.05) is 7.05 Å². The van der Waals surface area contributed by atoms with Crippen LogP contribution in [-0.4, -0.2) is 27.3 Å². The van der Waals surface area contributed by atoms with Gasteiger partial charge in [0.15, 0.2) is 0 Å². The first kappa shape index (κ1) is 19.7. The zero-order chi connectivity index (χ0) is 22.1. The highest BCUT2D eigenvalue weighted by Gasteiger charge is 2.11. The van der Waals surface area contributed by atoms with Crippen LogP contribution in [0.15, 0.2) is 91.4 Å². The summed E-state index contributed by atoms with van der Waals surface area (Å²) in [7, 11) is 1.64. The summed E-state index contributed by atoms with van der Waals surface area (Å²) in [6.07, 6.45) is 5.74. The molecule has 0 unspecified atom stereocenters. The first-order valence-electron chi connectivity index (χ1n) is 10.5. The number of fused-ring (bicyclic) bond motifs is 1. The lowest BCUT2D eigenvalue weighted by Gasteiger charge is -2.08. The number of aromatic nitrogens is 3. The Bertz CT molecular complexity index is 1450. The Labute approximate surface area is 186 Å². The Kier molecular flexibility index (Phi) is 5.00. The third-order valence-electron chi connectivity index (χ3n) is 5.57. The second-order valence-electron chi connectivity index (χ2n) is 7.75. The van der Waals surface area contributed by atoms with Crippen molar-refractivity contribution in [3.63, 3.8) is 0 Å². The van der Waals surface area contributed by atoms with E-state index in [1.807, 2.05) is 67.1 Å². The van der Waals surface area contributed by atoms with Crippen molar-refractivity contribution in [1.82, 2.24) is 19.7 Å². The minimum atomic E-state index is -0.0990. The number of hydrogen-bond donors (Lipinski definition) is 1. The van der Waals surface area contributed by atoms with Gasteiger partial charge < -0.3 is 5.32 Å². The first-order valence-corrected chi connectivity index (χ1v) is 10.5. The number of carbonyl (C=O) groups excluding carboxylic acids is 1. The van der Waals surface area contributed by atoms with Crippen LogP contribution in [-0.2, 0) is 0 Å². The van der Waals surface area contributed by atoms with E-state index in [0.717, 1.165) is 39.3 Å². The summed E-state index contributed by atoms with van der Waals surface area (Å²) in [5.41, 5.74) is 8.76. The normalized spacial score (nSPS) is 10.9. The number of amides is 1. The van der Waals surface area contributed by atoms with Gasteiger partial charge in [0.05, 0.1) is 17.6 Å². The van der Waals surface area contributed by atoms with Gasteiger partial charge in [0.1, 0.15) is 5.65 Å². The first-order chi connectivity index (χ1) is 15.6. The molecular weight excluding hydrogens is 396 g/mol. The van der Waals surface area contributed by atoms with Gasteiger partial charge in [-0.1, -0.05) is 35.9 Å². The molecule has 0 saturated heterocycles. The molecule has 0 radical (unpaired) electrons. The van der Waals surface area contributed by atoms with E-state index in [1.54, 1.807) is 7.05 Å². The summed E-state index contributed by atoms with van der Waals surface area (Å²) in [5.74, 6) is -0.0990. The molecule has 5 nitrogen and oxygen atoms in total. The smallest absolute Gasteiger partial charge is 0.251 e. The Balaban J connectivity index is 1.53. The minimum Gasteiger partial charge on any atom is -0.355 e. The Morgan fingerprint density at radius 2 is 1.66 bits per heavy atom. The van der Waals surface area contributed by atoms with E-state index >= 15 is 0 Å². The molecule has 2 aromatic carbocycles. The fourth-order valence-electron chi connectivity index (χ4n) is 3.91. The van der Waals surface area contributed by atoms with Gasteiger partial charge in [0.2, 0.25) is 0 Å². The fraction of sp³-hybridized carbons (Fsp3) is 0.0741. The molecule has 3 heterocycles. The van der Waals surface area contributed by atoms with E-state index in [2.05, 4.69) is 50.9 Å². The van der Waals surface area contributed by atoms with Crippen molar-refractivity contribution in [2.24, 2.45) is 0 Å². The fourth-order valence-corrected chi connectivity index (χ4v) is 3.91. The molecule has 5 aromatic rings. The van der Waals surface area contributed by atoms with Gasteiger partial charge in [-0.3, -0.25) is 14.2 Å². The quantitative estimate of drug-likeness (QED) is 0.425. The van der Waals surface area contributed by atoms with Gasteiger partial charge in [0.25, 0.3) is 5.91 Å². The van der Waals surface area contributed by atoms with E-state index in [4.69, 9.17) is 0 Å². The van der Waals surface area contributed by atoms with Crippen LogP contribution in [0.1, 0.15) is 15.9 Å². The summed E-state index contributed by atoms with van der Waals surface area (Å²) in [6.45, 7) is 2.08. The SMILES string of the molecule is CNC(=O)c1cccc(-c2ccn3c(-c4ccnc(-c5cccc(C)c5)c4)cnc3c2)c1. The zero-order valence-electron chi connectivity index (χ0n) is 17.9. The standard InChI is InChI=1S/C27H22N4O/c1-18-5-3-7-21(13-18)24-15-22(9-11-29-24)25-17-30-26-16-20(10-12-31(25)26)19-6-4-8-23(14-19)27(32)28-2/h3-17H,1-2H3,(H,28,32). The molecular formula is C27H22N4O. The molecule has 0 spiro atoms. The third kappa shape index (κ3) is 3.65. The number of benzene rings is 2. The molecule has 156 valence electrons. The van der Waals surface area contributed by atoms with E-state index in [1.165, 1.54) is 5.56 Å². The van der Waals surface area contributed by atoms with Crippen LogP contribution >= 0.6 is 0 Å². The predicted molar refractivity (Wildman–Crippen MR) is 127 cm³/mol. The lowest BCUT2D eigenvalue weighted by atomic mass is 10.0. The molecule has 0 fully saturated rings. The van der Waals surface area contributed by atoms with Gasteiger partial charge in [0, 0.05) is 36.1 Å². The van der Waals surface area contributed by atoms with Crippen LogP contribution < -0.4 is 5.32 Å². The van der Waals surface area contributed by atoms with Crippen molar-refractivity contribution in [3.05, 3.63) is 103 Å². The van der Waals surface area contributed by atoms with Crippen LogP contribution in [0.3, 0.4) is 0 Å². The second-order valence-corrected chi connectivity index (χ2v) is 7.75. The minimum absolute atomic E-state index is 0.0990. The summed E-state index contributed by atoms with van der Waals surface area (Å²) >= 11 is 0. The van der Waals surface area contributed by atoms with Crippen molar-refractivity contribution < 1.29 is 4.79 Å². The molecule has 0 aliphatic heterocycles. The number of rotatable bonds is 4. The van der Waals surface area contributed by atoms with E-state index < -0.39 is 0 Å². The summed E-state index contributed by atoms with van der Waals surface area (Å²) in [5, 5.41) is 2.67. The number of nitrogens with one attached hydrogen (secondary N) is 1. The maximum Gasteiger partial charge on any atom is 0.251 e. The lowest BCUT2D eigenvalue weighted by molar-refractivity contribution is 0.0963. The van der Waals surface area contributed by atoms with Crippen molar-refractivity contribution in [2.45, 2.75) is 6.92 Å². The molecule has 3 aromatic heterocycles. The van der Waals surface area contributed by atoms with Crippen LogP contribution in [0.5, 0.6) is 0 Å². The number of imidazole rings is 1. The molecule has 5 heteroatoms. The highest BCUT2D eigenvalue weighted by Crippen LogP contribution is 2.28. The molecule has 0 aliphatic carbocycles. The molecule has 0 aliphatic rings. The Hall–Kier alpha value is -4.25. The topological polar surface area (TPSA) is 59.3 Å². The number of nitrogens with zero attached hydrogens (tertiary/aromatic N) is 3. The Morgan fingerprint density at radius 1 is 0.844 bits per heavy atom. The largest absolute Gasteiger partial charge is 0.355 e. The average Bonchev–Trinajstić information content (AvgIpc) is 3.27. The van der Waals surface area contributed by atoms with E-state index in [-0.39, 0.29) is 5.91 Å². The summed E-state index contributed by atoms with van der Waals surface area (Å²) in [6, 6.07) is 24.1. The molecule has 0 atom stereocenters. The third-order valence-corrected chi connectivity index (χ3v) is 5.57. The van der Waals surface area contributed by atoms with Crippen LogP contribution in [0.4, 0.5) is 0 Å². The Morgan fingerprint density at radius 3 is 2.50 bits per heavy atom. The number of carbonyl (C=O) groups is 1. The highest BCUT2D eigenvalue weighted by atomic mass is 16.1. The number of hydrogen-bond acceptors (Lipinski definition) is 3. The zero-order valence-corrected chi connectivity index (χ0v) is 17.9. The predicted octanol–water partition coefficient (Wildman–Crippen LogP) is 5.40. The maximum atomic E-state index is 12.0. The van der Waals surface area contributed by atoms with Gasteiger partial charge in [-0.25, -0.2) is 4.98 Å². The molecule has 1 amide bonds. The lowest BCUT2D eigenvalue weighted by Crippen LogP contribution is -2.17. The maximum absolute atomic E-state index is 12.0. The van der Waals surface area contributed by atoms with Gasteiger partial charge in [-0.2, -0.15) is 0 Å². The number of pyridine rings is 2.